The SMILES string of the molecule is COc1cc(OC)c(OC)cc1/C=C1\N=C(CCc2cccc(C)c2)NC1=O. The molecule has 6 heteroatoms. The summed E-state index contributed by atoms with van der Waals surface area (Å²) < 4.78 is 16.0. The van der Waals surface area contributed by atoms with Gasteiger partial charge in [0.2, 0.25) is 0 Å². The molecule has 1 amide bonds. The van der Waals surface area contributed by atoms with Crippen LogP contribution in [0.1, 0.15) is 23.1 Å². The fourth-order valence-corrected chi connectivity index (χ4v) is 3.08. The highest BCUT2D eigenvalue weighted by atomic mass is 16.5. The zero-order chi connectivity index (χ0) is 20.1. The van der Waals surface area contributed by atoms with Crippen LogP contribution in [0.3, 0.4) is 0 Å². The fraction of sp³-hybridized carbons (Fsp3) is 0.273. The van der Waals surface area contributed by atoms with E-state index in [1.165, 1.54) is 11.1 Å². The lowest BCUT2D eigenvalue weighted by atomic mass is 10.1. The molecule has 1 N–H and O–H groups in total. The van der Waals surface area contributed by atoms with Crippen LogP contribution < -0.4 is 19.5 Å². The number of carbonyl (C=O) groups is 1. The van der Waals surface area contributed by atoms with Crippen molar-refractivity contribution in [3.63, 3.8) is 0 Å². The van der Waals surface area contributed by atoms with Gasteiger partial charge in [-0.15, -0.1) is 0 Å². The van der Waals surface area contributed by atoms with Crippen molar-refractivity contribution in [3.05, 3.63) is 58.8 Å². The van der Waals surface area contributed by atoms with Gasteiger partial charge in [0.15, 0.2) is 11.5 Å². The van der Waals surface area contributed by atoms with Crippen LogP contribution in [0.4, 0.5) is 0 Å². The summed E-state index contributed by atoms with van der Waals surface area (Å²) in [5.74, 6) is 2.12. The van der Waals surface area contributed by atoms with E-state index >= 15 is 0 Å². The number of hydrogen-bond acceptors (Lipinski definition) is 5. The molecule has 0 aliphatic carbocycles. The maximum atomic E-state index is 12.3. The number of methoxy groups -OCH3 is 3. The molecule has 0 fully saturated rings. The first-order valence-electron chi connectivity index (χ1n) is 9.00. The molecular formula is C22H24N2O4. The van der Waals surface area contributed by atoms with Crippen LogP contribution >= 0.6 is 0 Å². The molecule has 1 aliphatic heterocycles. The lowest BCUT2D eigenvalue weighted by Crippen LogP contribution is -2.24. The van der Waals surface area contributed by atoms with Gasteiger partial charge in [-0.1, -0.05) is 29.8 Å². The highest BCUT2D eigenvalue weighted by Gasteiger charge is 2.21. The number of carbonyl (C=O) groups excluding carboxylic acids is 1. The van der Waals surface area contributed by atoms with E-state index in [0.29, 0.717) is 40.8 Å². The van der Waals surface area contributed by atoms with Gasteiger partial charge in [-0.05, 0) is 31.1 Å². The largest absolute Gasteiger partial charge is 0.496 e. The number of hydrogen-bond donors (Lipinski definition) is 1. The zero-order valence-electron chi connectivity index (χ0n) is 16.5. The molecule has 1 heterocycles. The van der Waals surface area contributed by atoms with E-state index in [1.54, 1.807) is 39.5 Å². The van der Waals surface area contributed by atoms with E-state index < -0.39 is 0 Å². The molecule has 0 saturated heterocycles. The van der Waals surface area contributed by atoms with Crippen molar-refractivity contribution in [2.24, 2.45) is 4.99 Å². The molecule has 0 radical (unpaired) electrons. The van der Waals surface area contributed by atoms with Crippen LogP contribution in [0.25, 0.3) is 6.08 Å². The van der Waals surface area contributed by atoms with Crippen molar-refractivity contribution >= 4 is 17.8 Å². The third-order valence-electron chi connectivity index (χ3n) is 4.51. The minimum Gasteiger partial charge on any atom is -0.496 e. The van der Waals surface area contributed by atoms with Gasteiger partial charge < -0.3 is 19.5 Å². The highest BCUT2D eigenvalue weighted by molar-refractivity contribution is 6.14. The second-order valence-corrected chi connectivity index (χ2v) is 6.48. The Morgan fingerprint density at radius 1 is 0.964 bits per heavy atom. The van der Waals surface area contributed by atoms with Crippen LogP contribution in [0.15, 0.2) is 47.1 Å². The third-order valence-corrected chi connectivity index (χ3v) is 4.51. The minimum atomic E-state index is -0.226. The normalized spacial score (nSPS) is 14.6. The Bertz CT molecular complexity index is 948. The van der Waals surface area contributed by atoms with Crippen molar-refractivity contribution in [2.75, 3.05) is 21.3 Å². The Morgan fingerprint density at radius 2 is 1.68 bits per heavy atom. The quantitative estimate of drug-likeness (QED) is 0.746. The van der Waals surface area contributed by atoms with Crippen molar-refractivity contribution in [1.82, 2.24) is 5.32 Å². The molecule has 2 aromatic carbocycles. The third kappa shape index (κ3) is 4.34. The number of nitrogens with one attached hydrogen (secondary N) is 1. The maximum absolute atomic E-state index is 12.3. The van der Waals surface area contributed by atoms with Gasteiger partial charge in [-0.25, -0.2) is 4.99 Å². The topological polar surface area (TPSA) is 69.2 Å². The van der Waals surface area contributed by atoms with Crippen LogP contribution in [0.5, 0.6) is 17.2 Å². The Balaban J connectivity index is 1.82. The highest BCUT2D eigenvalue weighted by Crippen LogP contribution is 2.36. The molecular weight excluding hydrogens is 356 g/mol. The number of rotatable bonds is 7. The molecule has 6 nitrogen and oxygen atoms in total. The molecule has 0 saturated carbocycles. The molecule has 2 aromatic rings. The summed E-state index contributed by atoms with van der Waals surface area (Å²) in [6, 6.07) is 11.8. The summed E-state index contributed by atoms with van der Waals surface area (Å²) in [5, 5.41) is 2.84. The molecule has 28 heavy (non-hydrogen) atoms. The molecule has 146 valence electrons. The lowest BCUT2D eigenvalue weighted by Gasteiger charge is -2.12. The van der Waals surface area contributed by atoms with E-state index in [0.717, 1.165) is 6.42 Å². The second-order valence-electron chi connectivity index (χ2n) is 6.48. The number of amidine groups is 1. The number of amides is 1. The first kappa shape index (κ1) is 19.5. The summed E-state index contributed by atoms with van der Waals surface area (Å²) in [4.78, 5) is 16.8. The number of aliphatic imine (C=N–C) groups is 1. The van der Waals surface area contributed by atoms with Gasteiger partial charge in [0.1, 0.15) is 17.3 Å². The Morgan fingerprint density at radius 3 is 2.36 bits per heavy atom. The summed E-state index contributed by atoms with van der Waals surface area (Å²) in [6.45, 7) is 2.07. The standard InChI is InChI=1S/C22H24N2O4/c1-14-6-5-7-15(10-14)8-9-21-23-17(22(25)24-21)11-16-12-19(27-3)20(28-4)13-18(16)26-2/h5-7,10-13H,8-9H2,1-4H3,(H,23,24,25)/b17-11-. The van der Waals surface area contributed by atoms with E-state index in [4.69, 9.17) is 14.2 Å². The van der Waals surface area contributed by atoms with Gasteiger partial charge in [-0.3, -0.25) is 4.79 Å². The number of aryl methyl sites for hydroxylation is 2. The molecule has 3 rings (SSSR count). The minimum absolute atomic E-state index is 0.226. The lowest BCUT2D eigenvalue weighted by molar-refractivity contribution is -0.115. The Kier molecular flexibility index (Phi) is 5.99. The molecule has 0 bridgehead atoms. The number of nitrogens with zero attached hydrogens (tertiary/aromatic N) is 1. The van der Waals surface area contributed by atoms with E-state index in [-0.39, 0.29) is 5.91 Å². The number of benzene rings is 2. The van der Waals surface area contributed by atoms with Gasteiger partial charge in [0.05, 0.1) is 21.3 Å². The van der Waals surface area contributed by atoms with E-state index in [2.05, 4.69) is 35.4 Å². The number of ether oxygens (including phenoxy) is 3. The predicted octanol–water partition coefficient (Wildman–Crippen LogP) is 3.52. The first-order chi connectivity index (χ1) is 13.5. The van der Waals surface area contributed by atoms with Crippen molar-refractivity contribution in [1.29, 1.82) is 0 Å². The van der Waals surface area contributed by atoms with Crippen molar-refractivity contribution < 1.29 is 19.0 Å². The summed E-state index contributed by atoms with van der Waals surface area (Å²) in [5.41, 5.74) is 3.46. The van der Waals surface area contributed by atoms with E-state index in [1.807, 2.05) is 6.07 Å². The average Bonchev–Trinajstić information content (AvgIpc) is 3.05. The molecule has 1 aliphatic rings. The van der Waals surface area contributed by atoms with Gasteiger partial charge >= 0.3 is 0 Å². The second kappa shape index (κ2) is 8.61. The van der Waals surface area contributed by atoms with Crippen LogP contribution in [-0.4, -0.2) is 33.1 Å². The van der Waals surface area contributed by atoms with Crippen LogP contribution in [0, 0.1) is 6.92 Å². The van der Waals surface area contributed by atoms with Crippen molar-refractivity contribution in [2.45, 2.75) is 19.8 Å². The Hall–Kier alpha value is -3.28. The van der Waals surface area contributed by atoms with Gasteiger partial charge in [-0.2, -0.15) is 0 Å². The Labute approximate surface area is 164 Å². The monoisotopic (exact) mass is 380 g/mol. The molecule has 0 aromatic heterocycles. The zero-order valence-corrected chi connectivity index (χ0v) is 16.5. The van der Waals surface area contributed by atoms with Crippen molar-refractivity contribution in [3.8, 4) is 17.2 Å². The van der Waals surface area contributed by atoms with Gasteiger partial charge in [0.25, 0.3) is 5.91 Å². The maximum Gasteiger partial charge on any atom is 0.275 e. The molecule has 0 atom stereocenters. The molecule has 0 unspecified atom stereocenters. The summed E-state index contributed by atoms with van der Waals surface area (Å²) >= 11 is 0. The first-order valence-corrected chi connectivity index (χ1v) is 9.00. The predicted molar refractivity (Wildman–Crippen MR) is 109 cm³/mol. The van der Waals surface area contributed by atoms with Crippen LogP contribution in [-0.2, 0) is 11.2 Å². The van der Waals surface area contributed by atoms with Gasteiger partial charge in [0, 0.05) is 18.1 Å². The smallest absolute Gasteiger partial charge is 0.275 e. The van der Waals surface area contributed by atoms with Crippen LogP contribution in [0.2, 0.25) is 0 Å². The van der Waals surface area contributed by atoms with E-state index in [9.17, 15) is 4.79 Å². The summed E-state index contributed by atoms with van der Waals surface area (Å²) in [6.07, 6.45) is 3.17. The molecule has 0 spiro atoms. The fourth-order valence-electron chi connectivity index (χ4n) is 3.08. The average molecular weight is 380 g/mol. The summed E-state index contributed by atoms with van der Waals surface area (Å²) in [7, 11) is 4.68.